The average Bonchev–Trinajstić information content (AvgIpc) is 3.86. The quantitative estimate of drug-likeness (QED) is 0.0791. The third-order valence-electron chi connectivity index (χ3n) is 23.2. The summed E-state index contributed by atoms with van der Waals surface area (Å²) in [6.45, 7) is 28.5. The fourth-order valence-corrected chi connectivity index (χ4v) is 20.3. The minimum Gasteiger partial charge on any atom is -0.465 e. The van der Waals surface area contributed by atoms with Crippen LogP contribution in [0.2, 0.25) is 0 Å². The molecular weight excluding hydrogens is 895 g/mol. The van der Waals surface area contributed by atoms with Crippen molar-refractivity contribution in [3.63, 3.8) is 0 Å². The van der Waals surface area contributed by atoms with E-state index in [4.69, 9.17) is 29.4 Å². The van der Waals surface area contributed by atoms with Crippen molar-refractivity contribution in [3.8, 4) is 0 Å². The second-order valence-corrected chi connectivity index (χ2v) is 27.1. The summed E-state index contributed by atoms with van der Waals surface area (Å²) in [6, 6.07) is 0. The predicted molar refractivity (Wildman–Crippen MR) is 275 cm³/mol. The van der Waals surface area contributed by atoms with E-state index in [-0.39, 0.29) is 46.6 Å². The maximum absolute atomic E-state index is 12.3. The lowest BCUT2D eigenvalue weighted by atomic mass is 9.41. The highest BCUT2D eigenvalue weighted by Gasteiger charge is 2.68. The fraction of sp³-hybridized carbons (Fsp3) is 0.917. The van der Waals surface area contributed by atoms with Gasteiger partial charge in [-0.05, 0) is 242 Å². The van der Waals surface area contributed by atoms with Crippen LogP contribution in [0, 0.1) is 105 Å². The molecule has 0 aliphatic heterocycles. The molecule has 404 valence electrons. The van der Waals surface area contributed by atoms with E-state index in [1.165, 1.54) is 51.4 Å². The molecule has 11 nitrogen and oxygen atoms in total. The number of fused-ring (bicyclic) bond motifs is 10. The highest BCUT2D eigenvalue weighted by molar-refractivity contribution is 5.69. The fourth-order valence-electron chi connectivity index (χ4n) is 20.3. The van der Waals surface area contributed by atoms with Crippen molar-refractivity contribution in [2.75, 3.05) is 6.54 Å². The van der Waals surface area contributed by atoms with Crippen molar-refractivity contribution >= 4 is 31.9 Å². The first-order valence-corrected chi connectivity index (χ1v) is 29.0. The van der Waals surface area contributed by atoms with Crippen molar-refractivity contribution in [1.82, 2.24) is 0 Å². The van der Waals surface area contributed by atoms with Gasteiger partial charge in [0.25, 0.3) is 25.9 Å². The Bertz CT molecular complexity index is 1820. The molecule has 0 heterocycles. The molecule has 0 aromatic carbocycles. The number of hydrogen-bond donors (Lipinski definition) is 1. The molecule has 0 spiro atoms. The summed E-state index contributed by atoms with van der Waals surface area (Å²) in [5.74, 6) is 7.06. The Balaban J connectivity index is 0.000000213. The number of rotatable bonds is 18. The van der Waals surface area contributed by atoms with Gasteiger partial charge in [-0.2, -0.15) is 0 Å². The molecule has 2 N–H and O–H groups in total. The average molecular weight is 994 g/mol. The summed E-state index contributed by atoms with van der Waals surface area (Å²) in [6.07, 6.45) is 21.2. The molecule has 8 aliphatic carbocycles. The third-order valence-corrected chi connectivity index (χ3v) is 23.2. The molecule has 0 radical (unpaired) electrons. The van der Waals surface area contributed by atoms with Gasteiger partial charge in [-0.15, -0.1) is 0 Å². The van der Waals surface area contributed by atoms with Gasteiger partial charge in [0.05, 0.1) is 0 Å². The summed E-state index contributed by atoms with van der Waals surface area (Å²) < 4.78 is 28.6. The molecule has 0 amide bonds. The Hall–Kier alpha value is -2.69. The first-order valence-electron chi connectivity index (χ1n) is 29.0. The zero-order valence-electron chi connectivity index (χ0n) is 46.2. The number of esters is 1. The zero-order chi connectivity index (χ0) is 51.7. The molecule has 71 heavy (non-hydrogen) atoms. The molecule has 0 saturated heterocycles. The van der Waals surface area contributed by atoms with E-state index in [1.807, 2.05) is 20.8 Å². The predicted octanol–water partition coefficient (Wildman–Crippen LogP) is 12.1. The van der Waals surface area contributed by atoms with Gasteiger partial charge in [-0.3, -0.25) is 24.0 Å². The Morgan fingerprint density at radius 3 is 1.34 bits per heavy atom. The van der Waals surface area contributed by atoms with E-state index in [9.17, 15) is 24.0 Å². The van der Waals surface area contributed by atoms with E-state index in [0.29, 0.717) is 115 Å². The Kier molecular flexibility index (Phi) is 17.9. The highest BCUT2D eigenvalue weighted by Crippen LogP contribution is 2.72. The van der Waals surface area contributed by atoms with Gasteiger partial charge in [0.1, 0.15) is 30.0 Å². The van der Waals surface area contributed by atoms with Crippen LogP contribution in [0.5, 0.6) is 0 Å². The first-order chi connectivity index (χ1) is 33.7. The number of carbonyl (C=O) groups excluding carboxylic acids is 5. The van der Waals surface area contributed by atoms with Crippen LogP contribution < -0.4 is 5.73 Å². The van der Waals surface area contributed by atoms with Gasteiger partial charge < -0.3 is 29.4 Å². The topological polar surface area (TPSA) is 158 Å². The highest BCUT2D eigenvalue weighted by atomic mass is 16.6. The number of nitrogens with two attached hydrogens (primary N) is 1. The van der Waals surface area contributed by atoms with Gasteiger partial charge in [0.15, 0.2) is 0 Å². The van der Waals surface area contributed by atoms with Gasteiger partial charge in [0, 0.05) is 18.3 Å². The normalized spacial score (nSPS) is 45.2. The van der Waals surface area contributed by atoms with Gasteiger partial charge in [0.2, 0.25) is 0 Å². The van der Waals surface area contributed by atoms with Crippen LogP contribution in [0.25, 0.3) is 0 Å². The van der Waals surface area contributed by atoms with Crippen LogP contribution in [-0.4, -0.2) is 68.4 Å². The van der Waals surface area contributed by atoms with Gasteiger partial charge >= 0.3 is 5.97 Å². The van der Waals surface area contributed by atoms with E-state index >= 15 is 0 Å². The number of ether oxygens (including phenoxy) is 5. The number of hydrogen-bond acceptors (Lipinski definition) is 11. The zero-order valence-corrected chi connectivity index (χ0v) is 46.2. The maximum Gasteiger partial charge on any atom is 0.306 e. The molecule has 0 bridgehead atoms. The molecule has 0 aromatic rings. The van der Waals surface area contributed by atoms with E-state index in [2.05, 4.69) is 55.4 Å². The second-order valence-electron chi connectivity index (χ2n) is 27.1. The molecule has 8 saturated carbocycles. The van der Waals surface area contributed by atoms with E-state index < -0.39 is 5.60 Å². The Labute approximate surface area is 429 Å². The summed E-state index contributed by atoms with van der Waals surface area (Å²) in [5.41, 5.74) is 6.49. The van der Waals surface area contributed by atoms with Crippen LogP contribution in [0.15, 0.2) is 0 Å². The minimum atomic E-state index is -0.430. The van der Waals surface area contributed by atoms with Crippen molar-refractivity contribution in [1.29, 1.82) is 0 Å². The summed E-state index contributed by atoms with van der Waals surface area (Å²) >= 11 is 0. The molecular formula is C60H99NO10. The SMILES string of the molecule is CC[C@H]1[C@@H](OC=O)[C@@H]2[C@H](CC[C@]3(C)[C@@H]([C@H](C)CCCC(=O)OC(C)(C)C)CC[C@@H]23)[C@@]2(C)CC[C@@H](OC=O)C[C@@H]12.CC[C@H]1[C@@H](OC=O)[C@@H]2[C@H](CC[C@]3(C)[C@@H]([C@H](C)CCN)CC[C@@H]23)[C@@]2(C)CC[C@@H](OC=O)C[C@@H]12. The molecule has 8 rings (SSSR count). The van der Waals surface area contributed by atoms with Crippen molar-refractivity contribution in [3.05, 3.63) is 0 Å². The molecule has 0 aromatic heterocycles. The van der Waals surface area contributed by atoms with Gasteiger partial charge in [-0.1, -0.05) is 55.4 Å². The van der Waals surface area contributed by atoms with Crippen LogP contribution in [-0.2, 0) is 47.7 Å². The van der Waals surface area contributed by atoms with Crippen molar-refractivity contribution < 1.29 is 47.7 Å². The largest absolute Gasteiger partial charge is 0.465 e. The monoisotopic (exact) mass is 994 g/mol. The first kappa shape index (κ1) is 56.0. The van der Waals surface area contributed by atoms with Crippen LogP contribution >= 0.6 is 0 Å². The third kappa shape index (κ3) is 10.5. The molecule has 8 fully saturated rings. The second kappa shape index (κ2) is 22.7. The van der Waals surface area contributed by atoms with E-state index in [1.54, 1.807) is 0 Å². The van der Waals surface area contributed by atoms with Crippen LogP contribution in [0.1, 0.15) is 205 Å². The summed E-state index contributed by atoms with van der Waals surface area (Å²) in [7, 11) is 0. The molecule has 22 atom stereocenters. The van der Waals surface area contributed by atoms with Crippen molar-refractivity contribution in [2.45, 2.75) is 235 Å². The van der Waals surface area contributed by atoms with Crippen molar-refractivity contribution in [2.24, 2.45) is 110 Å². The minimum absolute atomic E-state index is 0.00915. The Morgan fingerprint density at radius 2 is 0.958 bits per heavy atom. The molecule has 11 heteroatoms. The lowest BCUT2D eigenvalue weighted by Crippen LogP contribution is -2.62. The smallest absolute Gasteiger partial charge is 0.306 e. The lowest BCUT2D eigenvalue weighted by molar-refractivity contribution is -0.213. The summed E-state index contributed by atoms with van der Waals surface area (Å²) in [5, 5.41) is 0. The van der Waals surface area contributed by atoms with Crippen LogP contribution in [0.4, 0.5) is 0 Å². The standard InChI is InChI=1S/C33H54O6.C27H45NO4/c1-8-23-27-18-22(37-19-34)14-16-33(27,7)26-15-17-32(6)24(12-13-25(32)29(26)30(23)38-20-35)21(2)10-9-11-28(36)39-31(3,4)5;1-5-19-23-14-18(31-15-29)8-11-27(23,4)22-9-12-26(3)20(17(2)10-13-28)6-7-21(26)24(22)25(19)32-16-30/h19-27,29-30H,8-18H2,1-7H3;15-25H,5-14,28H2,1-4H3/t21-,22-,23-,24-,25+,26+,27+,29+,30-,32-,33-;17-,18-,19-,20-,21+,22+,23+,24+,25-,26-,27-/m11/s1. The lowest BCUT2D eigenvalue weighted by Gasteiger charge is -2.65. The van der Waals surface area contributed by atoms with Gasteiger partial charge in [-0.25, -0.2) is 0 Å². The Morgan fingerprint density at radius 1 is 0.563 bits per heavy atom. The van der Waals surface area contributed by atoms with Crippen LogP contribution in [0.3, 0.4) is 0 Å². The molecule has 8 aliphatic rings. The molecule has 0 unspecified atom stereocenters. The number of carbonyl (C=O) groups is 5. The maximum atomic E-state index is 12.3. The summed E-state index contributed by atoms with van der Waals surface area (Å²) in [4.78, 5) is 58.1. The van der Waals surface area contributed by atoms with E-state index in [0.717, 1.165) is 83.1 Å².